The van der Waals surface area contributed by atoms with Crippen LogP contribution in [0.2, 0.25) is 0 Å². The SMILES string of the molecule is CCCc1cc(Nc2ncnc3[nH]ccc23)ccc1C. The Morgan fingerprint density at radius 2 is 2.10 bits per heavy atom. The molecule has 0 aliphatic carbocycles. The van der Waals surface area contributed by atoms with E-state index in [1.54, 1.807) is 6.33 Å². The fraction of sp³-hybridized carbons (Fsp3) is 0.250. The minimum Gasteiger partial charge on any atom is -0.346 e. The molecular formula is C16H18N4. The molecule has 0 saturated heterocycles. The Hall–Kier alpha value is -2.36. The van der Waals surface area contributed by atoms with E-state index >= 15 is 0 Å². The van der Waals surface area contributed by atoms with Crippen molar-refractivity contribution in [3.63, 3.8) is 0 Å². The summed E-state index contributed by atoms with van der Waals surface area (Å²) in [7, 11) is 0. The Morgan fingerprint density at radius 3 is 2.95 bits per heavy atom. The lowest BCUT2D eigenvalue weighted by molar-refractivity contribution is 0.913. The third-order valence-electron chi connectivity index (χ3n) is 3.49. The van der Waals surface area contributed by atoms with Crippen molar-refractivity contribution in [3.8, 4) is 0 Å². The molecule has 4 heteroatoms. The van der Waals surface area contributed by atoms with Crippen molar-refractivity contribution in [3.05, 3.63) is 47.9 Å². The molecule has 2 aromatic heterocycles. The number of fused-ring (bicyclic) bond motifs is 1. The van der Waals surface area contributed by atoms with Crippen molar-refractivity contribution in [2.75, 3.05) is 5.32 Å². The molecule has 0 unspecified atom stereocenters. The van der Waals surface area contributed by atoms with Crippen LogP contribution >= 0.6 is 0 Å². The fourth-order valence-electron chi connectivity index (χ4n) is 2.40. The summed E-state index contributed by atoms with van der Waals surface area (Å²) in [5.41, 5.74) is 4.65. The first-order valence-electron chi connectivity index (χ1n) is 6.92. The van der Waals surface area contributed by atoms with Gasteiger partial charge in [0.2, 0.25) is 0 Å². The van der Waals surface area contributed by atoms with Crippen molar-refractivity contribution < 1.29 is 0 Å². The van der Waals surface area contributed by atoms with Gasteiger partial charge in [-0.25, -0.2) is 9.97 Å². The summed E-state index contributed by atoms with van der Waals surface area (Å²) in [6.45, 7) is 4.36. The van der Waals surface area contributed by atoms with Gasteiger partial charge < -0.3 is 10.3 Å². The molecule has 3 rings (SSSR count). The van der Waals surface area contributed by atoms with Crippen LogP contribution < -0.4 is 5.32 Å². The molecule has 0 bridgehead atoms. The first-order valence-corrected chi connectivity index (χ1v) is 6.92. The number of anilines is 2. The zero-order valence-electron chi connectivity index (χ0n) is 11.8. The van der Waals surface area contributed by atoms with Crippen molar-refractivity contribution in [1.82, 2.24) is 15.0 Å². The van der Waals surface area contributed by atoms with Crippen molar-refractivity contribution in [1.29, 1.82) is 0 Å². The average Bonchev–Trinajstić information content (AvgIpc) is 2.92. The number of aromatic nitrogens is 3. The Labute approximate surface area is 118 Å². The number of rotatable bonds is 4. The van der Waals surface area contributed by atoms with Gasteiger partial charge >= 0.3 is 0 Å². The number of aromatic amines is 1. The van der Waals surface area contributed by atoms with E-state index in [1.807, 2.05) is 12.3 Å². The third kappa shape index (κ3) is 2.37. The number of hydrogen-bond acceptors (Lipinski definition) is 3. The molecule has 2 N–H and O–H groups in total. The van der Waals surface area contributed by atoms with E-state index in [0.29, 0.717) is 0 Å². The van der Waals surface area contributed by atoms with Crippen LogP contribution in [0.15, 0.2) is 36.8 Å². The van der Waals surface area contributed by atoms with E-state index in [9.17, 15) is 0 Å². The minimum atomic E-state index is 0.836. The summed E-state index contributed by atoms with van der Waals surface area (Å²) < 4.78 is 0. The summed E-state index contributed by atoms with van der Waals surface area (Å²) in [5, 5.41) is 4.39. The van der Waals surface area contributed by atoms with Gasteiger partial charge in [0.25, 0.3) is 0 Å². The van der Waals surface area contributed by atoms with E-state index in [4.69, 9.17) is 0 Å². The van der Waals surface area contributed by atoms with Gasteiger partial charge in [-0.15, -0.1) is 0 Å². The molecule has 20 heavy (non-hydrogen) atoms. The Balaban J connectivity index is 1.94. The third-order valence-corrected chi connectivity index (χ3v) is 3.49. The number of aryl methyl sites for hydroxylation is 2. The van der Waals surface area contributed by atoms with Gasteiger partial charge in [-0.1, -0.05) is 19.4 Å². The predicted octanol–water partition coefficient (Wildman–Crippen LogP) is 3.96. The summed E-state index contributed by atoms with van der Waals surface area (Å²) >= 11 is 0. The molecule has 1 aromatic carbocycles. The highest BCUT2D eigenvalue weighted by molar-refractivity contribution is 5.88. The van der Waals surface area contributed by atoms with Crippen LogP contribution in [0.3, 0.4) is 0 Å². The van der Waals surface area contributed by atoms with Crippen LogP contribution in [-0.2, 0) is 6.42 Å². The largest absolute Gasteiger partial charge is 0.346 e. The first-order chi connectivity index (χ1) is 9.78. The van der Waals surface area contributed by atoms with Crippen molar-refractivity contribution in [2.24, 2.45) is 0 Å². The van der Waals surface area contributed by atoms with Crippen LogP contribution in [0.4, 0.5) is 11.5 Å². The number of benzene rings is 1. The molecular weight excluding hydrogens is 248 g/mol. The predicted molar refractivity (Wildman–Crippen MR) is 82.3 cm³/mol. The van der Waals surface area contributed by atoms with Gasteiger partial charge in [0.05, 0.1) is 5.39 Å². The Morgan fingerprint density at radius 1 is 1.20 bits per heavy atom. The van der Waals surface area contributed by atoms with E-state index in [1.165, 1.54) is 11.1 Å². The number of nitrogens with one attached hydrogen (secondary N) is 2. The summed E-state index contributed by atoms with van der Waals surface area (Å²) in [6, 6.07) is 8.44. The van der Waals surface area contributed by atoms with Crippen LogP contribution in [-0.4, -0.2) is 15.0 Å². The quantitative estimate of drug-likeness (QED) is 0.751. The smallest absolute Gasteiger partial charge is 0.143 e. The summed E-state index contributed by atoms with van der Waals surface area (Å²) in [5.74, 6) is 0.836. The normalized spacial score (nSPS) is 10.9. The maximum absolute atomic E-state index is 4.33. The molecule has 0 atom stereocenters. The number of nitrogens with zero attached hydrogens (tertiary/aromatic N) is 2. The zero-order chi connectivity index (χ0) is 13.9. The molecule has 0 radical (unpaired) electrons. The molecule has 0 fully saturated rings. The van der Waals surface area contributed by atoms with Crippen LogP contribution in [0, 0.1) is 6.92 Å². The molecule has 4 nitrogen and oxygen atoms in total. The van der Waals surface area contributed by atoms with E-state index in [-0.39, 0.29) is 0 Å². The lowest BCUT2D eigenvalue weighted by atomic mass is 10.0. The zero-order valence-corrected chi connectivity index (χ0v) is 11.8. The van der Waals surface area contributed by atoms with E-state index in [0.717, 1.165) is 35.4 Å². The molecule has 3 aromatic rings. The maximum atomic E-state index is 4.33. The van der Waals surface area contributed by atoms with Gasteiger partial charge in [-0.3, -0.25) is 0 Å². The highest BCUT2D eigenvalue weighted by Crippen LogP contribution is 2.24. The second kappa shape index (κ2) is 5.33. The number of H-pyrrole nitrogens is 1. The summed E-state index contributed by atoms with van der Waals surface area (Å²) in [4.78, 5) is 11.6. The summed E-state index contributed by atoms with van der Waals surface area (Å²) in [6.07, 6.45) is 5.70. The molecule has 0 aliphatic rings. The maximum Gasteiger partial charge on any atom is 0.143 e. The second-order valence-electron chi connectivity index (χ2n) is 4.98. The monoisotopic (exact) mass is 266 g/mol. The van der Waals surface area contributed by atoms with Gasteiger partial charge in [0.15, 0.2) is 0 Å². The van der Waals surface area contributed by atoms with Crippen molar-refractivity contribution in [2.45, 2.75) is 26.7 Å². The topological polar surface area (TPSA) is 53.6 Å². The van der Waals surface area contributed by atoms with Gasteiger partial charge in [-0.05, 0) is 42.7 Å². The van der Waals surface area contributed by atoms with E-state index in [2.05, 4.69) is 52.3 Å². The Bertz CT molecular complexity index is 730. The molecule has 0 amide bonds. The van der Waals surface area contributed by atoms with Crippen LogP contribution in [0.5, 0.6) is 0 Å². The second-order valence-corrected chi connectivity index (χ2v) is 4.98. The minimum absolute atomic E-state index is 0.836. The molecule has 0 saturated carbocycles. The Kier molecular flexibility index (Phi) is 3.37. The molecule has 102 valence electrons. The van der Waals surface area contributed by atoms with Crippen LogP contribution in [0.25, 0.3) is 11.0 Å². The lowest BCUT2D eigenvalue weighted by Crippen LogP contribution is -1.97. The van der Waals surface area contributed by atoms with Crippen molar-refractivity contribution >= 4 is 22.5 Å². The number of hydrogen-bond donors (Lipinski definition) is 2. The highest BCUT2D eigenvalue weighted by atomic mass is 15.0. The lowest BCUT2D eigenvalue weighted by Gasteiger charge is -2.10. The highest BCUT2D eigenvalue weighted by Gasteiger charge is 2.06. The van der Waals surface area contributed by atoms with Gasteiger partial charge in [0, 0.05) is 11.9 Å². The van der Waals surface area contributed by atoms with Crippen LogP contribution in [0.1, 0.15) is 24.5 Å². The standard InChI is InChI=1S/C16H18N4/c1-3-4-12-9-13(6-5-11(12)2)20-16-14-7-8-17-15(14)18-10-19-16/h5-10H,3-4H2,1-2H3,(H2,17,18,19,20). The van der Waals surface area contributed by atoms with E-state index < -0.39 is 0 Å². The molecule has 2 heterocycles. The molecule has 0 spiro atoms. The van der Waals surface area contributed by atoms with Gasteiger partial charge in [-0.2, -0.15) is 0 Å². The van der Waals surface area contributed by atoms with Gasteiger partial charge in [0.1, 0.15) is 17.8 Å². The molecule has 0 aliphatic heterocycles. The average molecular weight is 266 g/mol. The first kappa shape index (κ1) is 12.7. The fourth-order valence-corrected chi connectivity index (χ4v) is 2.40.